The third kappa shape index (κ3) is 6.45. The monoisotopic (exact) mass is 568 g/mol. The molecule has 0 amide bonds. The molecule has 220 valence electrons. The van der Waals surface area contributed by atoms with Crippen molar-refractivity contribution in [2.45, 2.75) is 115 Å². The van der Waals surface area contributed by atoms with E-state index < -0.39 is 39.2 Å². The Morgan fingerprint density at radius 1 is 1.08 bits per heavy atom. The van der Waals surface area contributed by atoms with Gasteiger partial charge in [0.25, 0.3) is 0 Å². The van der Waals surface area contributed by atoms with Gasteiger partial charge in [-0.15, -0.1) is 0 Å². The van der Waals surface area contributed by atoms with Gasteiger partial charge in [-0.1, -0.05) is 64.5 Å². The van der Waals surface area contributed by atoms with E-state index >= 15 is 0 Å². The van der Waals surface area contributed by atoms with Crippen molar-refractivity contribution in [2.24, 2.45) is 40.4 Å². The number of hydrogen-bond acceptors (Lipinski definition) is 3. The molecule has 8 atom stereocenters. The Balaban J connectivity index is 1.58. The molecule has 2 saturated carbocycles. The molecular formula is C32H47F3O3S. The average molecular weight is 569 g/mol. The second kappa shape index (κ2) is 11.2. The van der Waals surface area contributed by atoms with Gasteiger partial charge < -0.3 is 5.11 Å². The lowest BCUT2D eigenvalue weighted by atomic mass is 9.54. The van der Waals surface area contributed by atoms with Crippen molar-refractivity contribution in [1.82, 2.24) is 0 Å². The van der Waals surface area contributed by atoms with Crippen molar-refractivity contribution in [1.29, 1.82) is 0 Å². The van der Waals surface area contributed by atoms with Gasteiger partial charge in [0.1, 0.15) is 0 Å². The number of alkyl halides is 3. The fourth-order valence-electron chi connectivity index (χ4n) is 8.35. The minimum Gasteiger partial charge on any atom is -0.393 e. The lowest BCUT2D eigenvalue weighted by Crippen LogP contribution is -2.47. The maximum Gasteiger partial charge on any atom is 0.389 e. The van der Waals surface area contributed by atoms with Crippen LogP contribution in [0.15, 0.2) is 46.9 Å². The van der Waals surface area contributed by atoms with E-state index in [0.717, 1.165) is 44.1 Å². The highest BCUT2D eigenvalue weighted by molar-refractivity contribution is 7.92. The second-order valence-electron chi connectivity index (χ2n) is 14.0. The standard InChI is InChI=1S/C32H47F3O3S/c1-21(28(20-29(36)30(2,3)4)39(37,38)24-9-7-6-8-10-24)26-13-14-27-25-12-11-22(15-18-32(33,34)35)19-23(25)16-17-31(26,27)5/h6-11,21,23,25-29,36H,12-20H2,1-5H3/t21-,23+,25+,26+,27-,28?,29?,31+/m0/s1. The van der Waals surface area contributed by atoms with Crippen LogP contribution in [0.3, 0.4) is 0 Å². The number of allylic oxidation sites excluding steroid dienone is 2. The van der Waals surface area contributed by atoms with Gasteiger partial charge >= 0.3 is 6.18 Å². The molecular weight excluding hydrogens is 521 g/mol. The van der Waals surface area contributed by atoms with E-state index in [1.165, 1.54) is 0 Å². The lowest BCUT2D eigenvalue weighted by Gasteiger charge is -2.52. The summed E-state index contributed by atoms with van der Waals surface area (Å²) in [5.74, 6) is 1.43. The van der Waals surface area contributed by atoms with E-state index in [1.54, 1.807) is 24.3 Å². The van der Waals surface area contributed by atoms with Gasteiger partial charge in [0.15, 0.2) is 9.84 Å². The van der Waals surface area contributed by atoms with Gasteiger partial charge in [-0.3, -0.25) is 0 Å². The molecule has 1 N–H and O–H groups in total. The molecule has 39 heavy (non-hydrogen) atoms. The first-order valence-corrected chi connectivity index (χ1v) is 16.3. The minimum atomic E-state index is -4.12. The van der Waals surface area contributed by atoms with Crippen LogP contribution in [0.5, 0.6) is 0 Å². The van der Waals surface area contributed by atoms with Gasteiger partial charge in [0.2, 0.25) is 0 Å². The second-order valence-corrected chi connectivity index (χ2v) is 16.2. The van der Waals surface area contributed by atoms with Gasteiger partial charge in [-0.2, -0.15) is 13.2 Å². The zero-order valence-electron chi connectivity index (χ0n) is 24.2. The minimum absolute atomic E-state index is 0.00492. The molecule has 0 spiro atoms. The first-order valence-electron chi connectivity index (χ1n) is 14.8. The Hall–Kier alpha value is -1.34. The smallest absolute Gasteiger partial charge is 0.389 e. The fourth-order valence-corrected chi connectivity index (χ4v) is 10.4. The molecule has 0 heterocycles. The molecule has 0 radical (unpaired) electrons. The Bertz CT molecular complexity index is 1120. The third-order valence-corrected chi connectivity index (χ3v) is 13.1. The quantitative estimate of drug-likeness (QED) is 0.321. The van der Waals surface area contributed by atoms with Crippen LogP contribution in [0.1, 0.15) is 92.4 Å². The van der Waals surface area contributed by atoms with Crippen LogP contribution >= 0.6 is 0 Å². The average Bonchev–Trinajstić information content (AvgIpc) is 3.22. The first kappa shape index (κ1) is 30.6. The Morgan fingerprint density at radius 2 is 1.74 bits per heavy atom. The zero-order valence-corrected chi connectivity index (χ0v) is 25.0. The SMILES string of the molecule is C[C@H](C(CC(O)C(C)(C)C)S(=O)(=O)c1ccccc1)[C@H]1CC[C@H]2[C@@H]3CC=C(CCC(F)(F)F)C[C@H]3CC[C@]12C. The molecule has 4 rings (SSSR count). The van der Waals surface area contributed by atoms with Gasteiger partial charge in [-0.25, -0.2) is 8.42 Å². The van der Waals surface area contributed by atoms with Crippen LogP contribution in [-0.2, 0) is 9.84 Å². The van der Waals surface area contributed by atoms with E-state index in [0.29, 0.717) is 22.6 Å². The highest BCUT2D eigenvalue weighted by Gasteiger charge is 2.57. The highest BCUT2D eigenvalue weighted by atomic mass is 32.2. The number of halogens is 3. The van der Waals surface area contributed by atoms with Crippen LogP contribution in [0, 0.1) is 40.4 Å². The molecule has 3 nitrogen and oxygen atoms in total. The van der Waals surface area contributed by atoms with E-state index in [9.17, 15) is 26.7 Å². The van der Waals surface area contributed by atoms with E-state index in [1.807, 2.05) is 26.8 Å². The topological polar surface area (TPSA) is 54.4 Å². The number of fused-ring (bicyclic) bond motifs is 3. The largest absolute Gasteiger partial charge is 0.393 e. The predicted octanol–water partition coefficient (Wildman–Crippen LogP) is 8.38. The normalized spacial score (nSPS) is 32.1. The predicted molar refractivity (Wildman–Crippen MR) is 150 cm³/mol. The van der Waals surface area contributed by atoms with Crippen molar-refractivity contribution in [3.63, 3.8) is 0 Å². The van der Waals surface area contributed by atoms with E-state index in [2.05, 4.69) is 19.9 Å². The fraction of sp³-hybridized carbons (Fsp3) is 0.750. The van der Waals surface area contributed by atoms with Crippen molar-refractivity contribution < 1.29 is 26.7 Å². The molecule has 3 aliphatic carbocycles. The van der Waals surface area contributed by atoms with Gasteiger partial charge in [0.05, 0.1) is 16.2 Å². The van der Waals surface area contributed by atoms with Crippen LogP contribution in [0.4, 0.5) is 13.2 Å². The Morgan fingerprint density at radius 3 is 2.36 bits per heavy atom. The van der Waals surface area contributed by atoms with Crippen LogP contribution in [0.25, 0.3) is 0 Å². The van der Waals surface area contributed by atoms with Crippen LogP contribution in [0.2, 0.25) is 0 Å². The number of benzene rings is 1. The molecule has 0 bridgehead atoms. The Labute approximate surface area is 233 Å². The number of rotatable bonds is 8. The van der Waals surface area contributed by atoms with Crippen molar-refractivity contribution in [3.8, 4) is 0 Å². The number of aliphatic hydroxyl groups excluding tert-OH is 1. The van der Waals surface area contributed by atoms with Crippen molar-refractivity contribution in [2.75, 3.05) is 0 Å². The van der Waals surface area contributed by atoms with Crippen LogP contribution in [-0.4, -0.2) is 31.1 Å². The molecule has 3 aliphatic rings. The molecule has 2 fully saturated rings. The third-order valence-electron chi connectivity index (χ3n) is 10.7. The van der Waals surface area contributed by atoms with Crippen LogP contribution < -0.4 is 0 Å². The number of aliphatic hydroxyl groups is 1. The summed E-state index contributed by atoms with van der Waals surface area (Å²) >= 11 is 0. The van der Waals surface area contributed by atoms with Crippen molar-refractivity contribution in [3.05, 3.63) is 42.0 Å². The summed E-state index contributed by atoms with van der Waals surface area (Å²) in [6.07, 6.45) is 2.39. The summed E-state index contributed by atoms with van der Waals surface area (Å²) in [6.45, 7) is 10.3. The first-order chi connectivity index (χ1) is 18.0. The lowest BCUT2D eigenvalue weighted by molar-refractivity contribution is -0.134. The van der Waals surface area contributed by atoms with E-state index in [4.69, 9.17) is 0 Å². The Kier molecular flexibility index (Phi) is 8.75. The van der Waals surface area contributed by atoms with E-state index in [-0.39, 0.29) is 30.1 Å². The molecule has 0 aromatic heterocycles. The highest BCUT2D eigenvalue weighted by Crippen LogP contribution is 2.63. The van der Waals surface area contributed by atoms with Gasteiger partial charge in [-0.05, 0) is 104 Å². The summed E-state index contributed by atoms with van der Waals surface area (Å²) < 4.78 is 66.5. The molecule has 1 aromatic rings. The summed E-state index contributed by atoms with van der Waals surface area (Å²) in [5, 5.41) is 10.4. The summed E-state index contributed by atoms with van der Waals surface area (Å²) in [6, 6.07) is 8.64. The van der Waals surface area contributed by atoms with Crippen molar-refractivity contribution >= 4 is 9.84 Å². The zero-order chi connectivity index (χ0) is 28.8. The molecule has 2 unspecified atom stereocenters. The maximum atomic E-state index is 14.1. The van der Waals surface area contributed by atoms with Gasteiger partial charge in [0, 0.05) is 6.42 Å². The number of hydrogen-bond donors (Lipinski definition) is 1. The summed E-state index contributed by atoms with van der Waals surface area (Å²) in [5.41, 5.74) is 0.530. The molecule has 7 heteroatoms. The molecule has 0 saturated heterocycles. The summed E-state index contributed by atoms with van der Waals surface area (Å²) in [4.78, 5) is 0.315. The number of sulfone groups is 1. The maximum absolute atomic E-state index is 14.1. The summed E-state index contributed by atoms with van der Waals surface area (Å²) in [7, 11) is -3.67. The molecule has 1 aromatic carbocycles. The molecule has 0 aliphatic heterocycles.